The van der Waals surface area contributed by atoms with Gasteiger partial charge in [-0.15, -0.1) is 11.8 Å². The van der Waals surface area contributed by atoms with Crippen LogP contribution in [0.3, 0.4) is 0 Å². The molecule has 184 valence electrons. The minimum absolute atomic E-state index is 0.0895. The van der Waals surface area contributed by atoms with Crippen molar-refractivity contribution in [3.8, 4) is 0 Å². The van der Waals surface area contributed by atoms with Gasteiger partial charge >= 0.3 is 0 Å². The number of amides is 1. The lowest BCUT2D eigenvalue weighted by Crippen LogP contribution is -2.38. The molecule has 0 aromatic heterocycles. The summed E-state index contributed by atoms with van der Waals surface area (Å²) in [6.45, 7) is -0.408. The lowest BCUT2D eigenvalue weighted by molar-refractivity contribution is -0.114. The molecule has 0 fully saturated rings. The minimum Gasteiger partial charge on any atom is -0.323 e. The lowest BCUT2D eigenvalue weighted by atomic mass is 10.2. The van der Waals surface area contributed by atoms with Crippen molar-refractivity contribution in [2.45, 2.75) is 15.5 Å². The second-order valence-electron chi connectivity index (χ2n) is 7.76. The van der Waals surface area contributed by atoms with E-state index >= 15 is 0 Å². The van der Waals surface area contributed by atoms with E-state index in [0.717, 1.165) is 14.8 Å². The minimum atomic E-state index is -4.00. The van der Waals surface area contributed by atoms with Crippen LogP contribution in [-0.2, 0) is 20.6 Å². The number of rotatable bonds is 9. The molecule has 0 aliphatic heterocycles. The number of hydrogen-bond acceptors (Lipinski definition) is 4. The number of para-hydroxylation sites is 1. The van der Waals surface area contributed by atoms with Crippen molar-refractivity contribution < 1.29 is 13.2 Å². The first-order valence-electron chi connectivity index (χ1n) is 10.9. The molecule has 0 aliphatic carbocycles. The molecule has 0 aliphatic rings. The number of nitrogens with zero attached hydrogens (tertiary/aromatic N) is 1. The summed E-state index contributed by atoms with van der Waals surface area (Å²) >= 11 is 13.5. The van der Waals surface area contributed by atoms with Crippen molar-refractivity contribution in [1.29, 1.82) is 0 Å². The third kappa shape index (κ3) is 6.62. The predicted molar refractivity (Wildman–Crippen MR) is 149 cm³/mol. The summed E-state index contributed by atoms with van der Waals surface area (Å²) in [6.07, 6.45) is 0. The Bertz CT molecular complexity index is 1430. The van der Waals surface area contributed by atoms with Crippen LogP contribution in [0.15, 0.2) is 113 Å². The van der Waals surface area contributed by atoms with Gasteiger partial charge in [-0.1, -0.05) is 65.7 Å². The van der Waals surface area contributed by atoms with Crippen molar-refractivity contribution >= 4 is 62.3 Å². The highest BCUT2D eigenvalue weighted by molar-refractivity contribution is 7.98. The topological polar surface area (TPSA) is 66.5 Å². The SMILES string of the molecule is O=C(CN(c1ccc(Cl)cc1)S(=O)(=O)c1ccccc1)Nc1ccccc1SCc1ccc(Cl)cc1. The summed E-state index contributed by atoms with van der Waals surface area (Å²) in [5.41, 5.74) is 2.03. The van der Waals surface area contributed by atoms with Gasteiger partial charge in [0.15, 0.2) is 0 Å². The van der Waals surface area contributed by atoms with Crippen LogP contribution >= 0.6 is 35.0 Å². The van der Waals surface area contributed by atoms with Gasteiger partial charge < -0.3 is 5.32 Å². The van der Waals surface area contributed by atoms with Gasteiger partial charge in [0.05, 0.1) is 16.3 Å². The molecule has 4 aromatic carbocycles. The van der Waals surface area contributed by atoms with Crippen LogP contribution in [0, 0.1) is 0 Å². The fourth-order valence-electron chi connectivity index (χ4n) is 3.40. The van der Waals surface area contributed by atoms with Crippen molar-refractivity contribution in [2.75, 3.05) is 16.2 Å². The van der Waals surface area contributed by atoms with Crippen molar-refractivity contribution in [3.05, 3.63) is 119 Å². The molecule has 0 atom stereocenters. The predicted octanol–water partition coefficient (Wildman–Crippen LogP) is 7.12. The Kier molecular flexibility index (Phi) is 8.59. The Balaban J connectivity index is 1.55. The van der Waals surface area contributed by atoms with Crippen molar-refractivity contribution in [2.24, 2.45) is 0 Å². The number of sulfonamides is 1. The number of halogens is 2. The van der Waals surface area contributed by atoms with Crippen LogP contribution in [-0.4, -0.2) is 20.9 Å². The number of benzene rings is 4. The molecular formula is C27H22Cl2N2O3S2. The van der Waals surface area contributed by atoms with Gasteiger partial charge in [0.1, 0.15) is 6.54 Å². The highest BCUT2D eigenvalue weighted by atomic mass is 35.5. The van der Waals surface area contributed by atoms with Gasteiger partial charge in [-0.3, -0.25) is 9.10 Å². The molecule has 0 unspecified atom stereocenters. The molecule has 0 saturated carbocycles. The normalized spacial score (nSPS) is 11.2. The van der Waals surface area contributed by atoms with Crippen LogP contribution in [0.1, 0.15) is 5.56 Å². The van der Waals surface area contributed by atoms with E-state index < -0.39 is 22.5 Å². The maximum atomic E-state index is 13.5. The summed E-state index contributed by atoms with van der Waals surface area (Å²) < 4.78 is 28.0. The number of nitrogens with one attached hydrogen (secondary N) is 1. The van der Waals surface area contributed by atoms with E-state index in [4.69, 9.17) is 23.2 Å². The zero-order valence-corrected chi connectivity index (χ0v) is 22.1. The van der Waals surface area contributed by atoms with Gasteiger partial charge in [0, 0.05) is 20.7 Å². The molecule has 4 aromatic rings. The Morgan fingerprint density at radius 2 is 1.36 bits per heavy atom. The smallest absolute Gasteiger partial charge is 0.264 e. The number of hydrogen-bond donors (Lipinski definition) is 1. The number of anilines is 2. The summed E-state index contributed by atoms with van der Waals surface area (Å²) in [5, 5.41) is 4.02. The molecule has 36 heavy (non-hydrogen) atoms. The third-order valence-electron chi connectivity index (χ3n) is 5.20. The Morgan fingerprint density at radius 1 is 0.778 bits per heavy atom. The van der Waals surface area contributed by atoms with Gasteiger partial charge in [-0.25, -0.2) is 8.42 Å². The molecule has 1 amide bonds. The van der Waals surface area contributed by atoms with Crippen LogP contribution < -0.4 is 9.62 Å². The monoisotopic (exact) mass is 556 g/mol. The molecule has 1 N–H and O–H groups in total. The molecule has 0 spiro atoms. The Labute approximate surface area is 225 Å². The van der Waals surface area contributed by atoms with Gasteiger partial charge in [-0.05, 0) is 66.2 Å². The van der Waals surface area contributed by atoms with Crippen LogP contribution in [0.5, 0.6) is 0 Å². The maximum Gasteiger partial charge on any atom is 0.264 e. The fourth-order valence-corrected chi connectivity index (χ4v) is 6.06. The first-order chi connectivity index (χ1) is 17.3. The van der Waals surface area contributed by atoms with Crippen LogP contribution in [0.25, 0.3) is 0 Å². The van der Waals surface area contributed by atoms with Gasteiger partial charge in [0.25, 0.3) is 10.0 Å². The Morgan fingerprint density at radius 3 is 2.03 bits per heavy atom. The summed E-state index contributed by atoms with van der Waals surface area (Å²) in [4.78, 5) is 14.1. The molecule has 0 bridgehead atoms. The summed E-state index contributed by atoms with van der Waals surface area (Å²) in [7, 11) is -4.00. The Hall–Kier alpha value is -2.97. The highest BCUT2D eigenvalue weighted by Gasteiger charge is 2.27. The molecule has 4 rings (SSSR count). The number of carbonyl (C=O) groups excluding carboxylic acids is 1. The summed E-state index contributed by atoms with van der Waals surface area (Å²) in [6, 6.07) is 29.3. The van der Waals surface area contributed by atoms with E-state index in [0.29, 0.717) is 27.2 Å². The van der Waals surface area contributed by atoms with Gasteiger partial charge in [0.2, 0.25) is 5.91 Å². The largest absolute Gasteiger partial charge is 0.323 e. The van der Waals surface area contributed by atoms with E-state index in [1.807, 2.05) is 42.5 Å². The van der Waals surface area contributed by atoms with Gasteiger partial charge in [-0.2, -0.15) is 0 Å². The second kappa shape index (κ2) is 11.8. The van der Waals surface area contributed by atoms with Crippen LogP contribution in [0.2, 0.25) is 10.0 Å². The molecule has 0 saturated heterocycles. The summed E-state index contributed by atoms with van der Waals surface area (Å²) in [5.74, 6) is 0.215. The molecule has 0 heterocycles. The van der Waals surface area contributed by atoms with E-state index in [9.17, 15) is 13.2 Å². The average Bonchev–Trinajstić information content (AvgIpc) is 2.89. The van der Waals surface area contributed by atoms with E-state index in [-0.39, 0.29) is 4.90 Å². The van der Waals surface area contributed by atoms with E-state index in [1.54, 1.807) is 60.3 Å². The second-order valence-corrected chi connectivity index (χ2v) is 11.5. The van der Waals surface area contributed by atoms with E-state index in [2.05, 4.69) is 5.32 Å². The lowest BCUT2D eigenvalue weighted by Gasteiger charge is -2.24. The molecular weight excluding hydrogens is 535 g/mol. The van der Waals surface area contributed by atoms with E-state index in [1.165, 1.54) is 12.1 Å². The zero-order chi connectivity index (χ0) is 25.5. The molecule has 9 heteroatoms. The number of thioether (sulfide) groups is 1. The van der Waals surface area contributed by atoms with Crippen molar-refractivity contribution in [1.82, 2.24) is 0 Å². The standard InChI is InChI=1S/C27H22Cl2N2O3S2/c28-21-12-10-20(11-13-21)19-35-26-9-5-4-8-25(26)30-27(32)18-31(23-16-14-22(29)15-17-23)36(33,34)24-6-2-1-3-7-24/h1-17H,18-19H2,(H,30,32). The first-order valence-corrected chi connectivity index (χ1v) is 14.1. The molecule has 5 nitrogen and oxygen atoms in total. The number of carbonyl (C=O) groups is 1. The maximum absolute atomic E-state index is 13.5. The quantitative estimate of drug-likeness (QED) is 0.223. The van der Waals surface area contributed by atoms with Crippen molar-refractivity contribution in [3.63, 3.8) is 0 Å². The van der Waals surface area contributed by atoms with Crippen LogP contribution in [0.4, 0.5) is 11.4 Å². The fraction of sp³-hybridized carbons (Fsp3) is 0.0741. The highest BCUT2D eigenvalue weighted by Crippen LogP contribution is 2.31. The average molecular weight is 558 g/mol. The third-order valence-corrected chi connectivity index (χ3v) is 8.64. The molecule has 0 radical (unpaired) electrons. The first kappa shape index (κ1) is 26.1. The zero-order valence-electron chi connectivity index (χ0n) is 19.0.